The van der Waals surface area contributed by atoms with Crippen LogP contribution in [-0.4, -0.2) is 37.2 Å². The van der Waals surface area contributed by atoms with Gasteiger partial charge in [-0.05, 0) is 25.2 Å². The fraction of sp³-hybridized carbons (Fsp3) is 0.954. The van der Waals surface area contributed by atoms with Crippen molar-refractivity contribution in [1.82, 2.24) is 0 Å². The molecule has 71 heavy (non-hydrogen) atoms. The number of hydrogen-bond acceptors (Lipinski definition) is 6. The summed E-state index contributed by atoms with van der Waals surface area (Å²) < 4.78 is 17.0. The van der Waals surface area contributed by atoms with Crippen LogP contribution in [0.3, 0.4) is 0 Å². The molecule has 2 atom stereocenters. The second-order valence-corrected chi connectivity index (χ2v) is 22.6. The third-order valence-corrected chi connectivity index (χ3v) is 15.4. The quantitative estimate of drug-likeness (QED) is 0.0343. The van der Waals surface area contributed by atoms with Crippen molar-refractivity contribution in [1.29, 1.82) is 0 Å². The van der Waals surface area contributed by atoms with E-state index in [-0.39, 0.29) is 31.1 Å². The average Bonchev–Trinajstić information content (AvgIpc) is 3.37. The Hall–Kier alpha value is -1.59. The maximum absolute atomic E-state index is 12.9. The number of unbranched alkanes of at least 4 members (excludes halogenated alkanes) is 46. The van der Waals surface area contributed by atoms with Crippen LogP contribution in [0.1, 0.15) is 374 Å². The molecule has 0 aliphatic heterocycles. The lowest BCUT2D eigenvalue weighted by Gasteiger charge is -2.18. The summed E-state index contributed by atoms with van der Waals surface area (Å²) in [7, 11) is 0. The first-order chi connectivity index (χ1) is 34.9. The van der Waals surface area contributed by atoms with E-state index in [0.717, 1.165) is 63.7 Å². The zero-order valence-corrected chi connectivity index (χ0v) is 48.7. The molecule has 0 aliphatic rings. The summed E-state index contributed by atoms with van der Waals surface area (Å²) in [4.78, 5) is 38.3. The van der Waals surface area contributed by atoms with Gasteiger partial charge in [-0.2, -0.15) is 0 Å². The molecule has 0 heterocycles. The van der Waals surface area contributed by atoms with Crippen LogP contribution >= 0.6 is 0 Å². The first-order valence-corrected chi connectivity index (χ1v) is 32.4. The number of rotatable bonds is 60. The minimum atomic E-state index is -0.763. The van der Waals surface area contributed by atoms with Gasteiger partial charge in [0.15, 0.2) is 6.10 Å². The fourth-order valence-corrected chi connectivity index (χ4v) is 10.1. The third kappa shape index (κ3) is 57.5. The molecule has 6 nitrogen and oxygen atoms in total. The molecule has 0 aromatic rings. The Bertz CT molecular complexity index is 1080. The van der Waals surface area contributed by atoms with Crippen molar-refractivity contribution in [2.24, 2.45) is 5.92 Å². The Kier molecular flexibility index (Phi) is 58.0. The summed E-state index contributed by atoms with van der Waals surface area (Å²) in [6.45, 7) is 9.13. The Morgan fingerprint density at radius 2 is 0.493 bits per heavy atom. The Balaban J connectivity index is 4.29. The van der Waals surface area contributed by atoms with Crippen LogP contribution in [0.15, 0.2) is 0 Å². The maximum Gasteiger partial charge on any atom is 0.306 e. The van der Waals surface area contributed by atoms with E-state index < -0.39 is 6.10 Å². The fourth-order valence-electron chi connectivity index (χ4n) is 10.1. The standard InChI is InChI=1S/C65H126O6/c1-5-8-10-12-14-16-18-20-22-24-26-28-34-38-42-46-50-54-58-65(68)71-62(59-69-63(66)56-52-48-44-40-36-32-27-25-23-21-19-17-15-13-11-9-6-2)60-70-64(67)57-53-49-45-41-37-33-30-29-31-35-39-43-47-51-55-61(4)7-3/h61-62H,5-60H2,1-4H3/t61?,62-/m1/s1. The van der Waals surface area contributed by atoms with E-state index in [4.69, 9.17) is 14.2 Å². The molecule has 0 aliphatic carbocycles. The lowest BCUT2D eigenvalue weighted by atomic mass is 9.99. The van der Waals surface area contributed by atoms with E-state index in [2.05, 4.69) is 27.7 Å². The second-order valence-electron chi connectivity index (χ2n) is 22.6. The number of carbonyl (C=O) groups is 3. The largest absolute Gasteiger partial charge is 0.462 e. The molecule has 0 saturated heterocycles. The minimum Gasteiger partial charge on any atom is -0.462 e. The Morgan fingerprint density at radius 1 is 0.282 bits per heavy atom. The molecule has 0 bridgehead atoms. The smallest absolute Gasteiger partial charge is 0.306 e. The van der Waals surface area contributed by atoms with E-state index in [9.17, 15) is 14.4 Å². The predicted molar refractivity (Wildman–Crippen MR) is 307 cm³/mol. The minimum absolute atomic E-state index is 0.0611. The van der Waals surface area contributed by atoms with Gasteiger partial charge in [-0.1, -0.05) is 336 Å². The van der Waals surface area contributed by atoms with E-state index >= 15 is 0 Å². The molecule has 0 saturated carbocycles. The van der Waals surface area contributed by atoms with Gasteiger partial charge in [-0.25, -0.2) is 0 Å². The zero-order valence-electron chi connectivity index (χ0n) is 48.7. The molecular formula is C65H126O6. The van der Waals surface area contributed by atoms with E-state index in [0.29, 0.717) is 19.3 Å². The molecule has 0 aromatic heterocycles. The molecule has 0 spiro atoms. The highest BCUT2D eigenvalue weighted by Crippen LogP contribution is 2.19. The summed E-state index contributed by atoms with van der Waals surface area (Å²) in [5.74, 6) is 0.0696. The molecular weight excluding hydrogens is 877 g/mol. The lowest BCUT2D eigenvalue weighted by Crippen LogP contribution is -2.30. The van der Waals surface area contributed by atoms with Gasteiger partial charge in [0.05, 0.1) is 0 Å². The van der Waals surface area contributed by atoms with Crippen LogP contribution < -0.4 is 0 Å². The monoisotopic (exact) mass is 1000 g/mol. The molecule has 0 fully saturated rings. The van der Waals surface area contributed by atoms with Crippen molar-refractivity contribution in [2.45, 2.75) is 381 Å². The first kappa shape index (κ1) is 69.4. The van der Waals surface area contributed by atoms with Gasteiger partial charge in [0, 0.05) is 19.3 Å². The molecule has 0 N–H and O–H groups in total. The molecule has 422 valence electrons. The van der Waals surface area contributed by atoms with Crippen molar-refractivity contribution in [3.8, 4) is 0 Å². The van der Waals surface area contributed by atoms with Gasteiger partial charge in [-0.3, -0.25) is 14.4 Å². The van der Waals surface area contributed by atoms with Gasteiger partial charge in [0.25, 0.3) is 0 Å². The highest BCUT2D eigenvalue weighted by molar-refractivity contribution is 5.71. The number of carbonyl (C=O) groups excluding carboxylic acids is 3. The van der Waals surface area contributed by atoms with Gasteiger partial charge in [0.2, 0.25) is 0 Å². The molecule has 0 aromatic carbocycles. The van der Waals surface area contributed by atoms with Crippen LogP contribution in [0.4, 0.5) is 0 Å². The summed E-state index contributed by atoms with van der Waals surface area (Å²) in [6.07, 6.45) is 66.7. The topological polar surface area (TPSA) is 78.9 Å². The van der Waals surface area contributed by atoms with Gasteiger partial charge in [-0.15, -0.1) is 0 Å². The summed E-state index contributed by atoms with van der Waals surface area (Å²) in [5.41, 5.74) is 0. The molecule has 0 amide bonds. The Morgan fingerprint density at radius 3 is 0.732 bits per heavy atom. The lowest BCUT2D eigenvalue weighted by molar-refractivity contribution is -0.167. The Labute approximate surface area is 444 Å². The third-order valence-electron chi connectivity index (χ3n) is 15.4. The average molecular weight is 1000 g/mol. The molecule has 6 heteroatoms. The summed E-state index contributed by atoms with van der Waals surface area (Å²) in [5, 5.41) is 0. The summed E-state index contributed by atoms with van der Waals surface area (Å²) in [6, 6.07) is 0. The summed E-state index contributed by atoms with van der Waals surface area (Å²) >= 11 is 0. The van der Waals surface area contributed by atoms with Gasteiger partial charge < -0.3 is 14.2 Å². The maximum atomic E-state index is 12.9. The normalized spacial score (nSPS) is 12.3. The van der Waals surface area contributed by atoms with Crippen molar-refractivity contribution in [3.05, 3.63) is 0 Å². The van der Waals surface area contributed by atoms with E-state index in [1.807, 2.05) is 0 Å². The number of hydrogen-bond donors (Lipinski definition) is 0. The van der Waals surface area contributed by atoms with Gasteiger partial charge >= 0.3 is 17.9 Å². The van der Waals surface area contributed by atoms with Crippen LogP contribution in [0.5, 0.6) is 0 Å². The van der Waals surface area contributed by atoms with E-state index in [1.54, 1.807) is 0 Å². The van der Waals surface area contributed by atoms with Crippen LogP contribution in [0.2, 0.25) is 0 Å². The van der Waals surface area contributed by atoms with Crippen molar-refractivity contribution in [3.63, 3.8) is 0 Å². The molecule has 0 rings (SSSR count). The van der Waals surface area contributed by atoms with E-state index in [1.165, 1.54) is 270 Å². The SMILES string of the molecule is CCCCCCCCCCCCCCCCCCCCC(=O)O[C@H](COC(=O)CCCCCCCCCCCCCCCCCCC)COC(=O)CCCCCCCCCCCCCCCCC(C)CC. The predicted octanol–water partition coefficient (Wildman–Crippen LogP) is 21.7. The van der Waals surface area contributed by atoms with Crippen molar-refractivity contribution >= 4 is 17.9 Å². The highest BCUT2D eigenvalue weighted by Gasteiger charge is 2.19. The van der Waals surface area contributed by atoms with Crippen LogP contribution in [-0.2, 0) is 28.6 Å². The van der Waals surface area contributed by atoms with Crippen LogP contribution in [0.25, 0.3) is 0 Å². The van der Waals surface area contributed by atoms with Crippen molar-refractivity contribution in [2.75, 3.05) is 13.2 Å². The zero-order chi connectivity index (χ0) is 51.6. The van der Waals surface area contributed by atoms with Crippen LogP contribution in [0, 0.1) is 5.92 Å². The molecule has 0 radical (unpaired) electrons. The van der Waals surface area contributed by atoms with Crippen molar-refractivity contribution < 1.29 is 28.6 Å². The number of ether oxygens (including phenoxy) is 3. The van der Waals surface area contributed by atoms with Gasteiger partial charge in [0.1, 0.15) is 13.2 Å². The second kappa shape index (κ2) is 59.3. The first-order valence-electron chi connectivity index (χ1n) is 32.4. The number of esters is 3. The highest BCUT2D eigenvalue weighted by atomic mass is 16.6. The molecule has 1 unspecified atom stereocenters.